The van der Waals surface area contributed by atoms with Crippen LogP contribution in [0.1, 0.15) is 36.4 Å². The van der Waals surface area contributed by atoms with Crippen LogP contribution in [-0.4, -0.2) is 81.7 Å². The smallest absolute Gasteiger partial charge is 0.220 e. The van der Waals surface area contributed by atoms with Crippen molar-refractivity contribution in [1.29, 1.82) is 0 Å². The molecule has 2 saturated heterocycles. The number of piperidine rings is 1. The third kappa shape index (κ3) is 7.61. The van der Waals surface area contributed by atoms with Crippen LogP contribution in [0, 0.1) is 12.8 Å². The molecule has 1 aromatic rings. The molecule has 0 radical (unpaired) electrons. The van der Waals surface area contributed by atoms with Crippen LogP contribution in [0.25, 0.3) is 0 Å². The normalized spacial score (nSPS) is 19.5. The molecule has 2 fully saturated rings. The summed E-state index contributed by atoms with van der Waals surface area (Å²) in [6, 6.07) is 9.09. The van der Waals surface area contributed by atoms with Gasteiger partial charge in [-0.25, -0.2) is 0 Å². The zero-order valence-corrected chi connectivity index (χ0v) is 21.4. The van der Waals surface area contributed by atoms with Gasteiger partial charge in [0.1, 0.15) is 0 Å². The van der Waals surface area contributed by atoms with Crippen LogP contribution in [0.4, 0.5) is 0 Å². The average molecular weight is 543 g/mol. The number of carbonyl (C=O) groups is 1. The highest BCUT2D eigenvalue weighted by molar-refractivity contribution is 14.0. The molecule has 8 heteroatoms. The van der Waals surface area contributed by atoms with Crippen LogP contribution >= 0.6 is 24.0 Å². The van der Waals surface area contributed by atoms with Crippen molar-refractivity contribution < 1.29 is 9.53 Å². The van der Waals surface area contributed by atoms with Gasteiger partial charge in [0.2, 0.25) is 5.91 Å². The number of aliphatic imine (C=N–C) groups is 1. The summed E-state index contributed by atoms with van der Waals surface area (Å²) < 4.78 is 5.57. The van der Waals surface area contributed by atoms with E-state index in [1.54, 1.807) is 7.05 Å². The number of carbonyl (C=O) groups excluding carboxylic acids is 1. The molecule has 174 valence electrons. The molecular weight excluding hydrogens is 505 g/mol. The molecule has 7 nitrogen and oxygen atoms in total. The highest BCUT2D eigenvalue weighted by Crippen LogP contribution is 2.23. The van der Waals surface area contributed by atoms with Gasteiger partial charge in [-0.05, 0) is 31.2 Å². The number of nitrogens with one attached hydrogen (secondary N) is 2. The minimum Gasteiger partial charge on any atom is -0.379 e. The fourth-order valence-electron chi connectivity index (χ4n) is 4.46. The Labute approximate surface area is 204 Å². The molecule has 0 spiro atoms. The van der Waals surface area contributed by atoms with E-state index in [2.05, 4.69) is 56.6 Å². The van der Waals surface area contributed by atoms with E-state index < -0.39 is 0 Å². The minimum atomic E-state index is 0. The standard InChI is InChI=1S/C23H37N5O2.HI/c1-18-5-4-6-20(15-18)21(27-11-13-30-14-12-27)17-26-23(25-3)28-9-7-19(8-10-28)16-22(29)24-2;/h4-6,15,19,21H,7-14,16-17H2,1-3H3,(H,24,29)(H,25,26);1H. The van der Waals surface area contributed by atoms with Crippen LogP contribution in [0.5, 0.6) is 0 Å². The van der Waals surface area contributed by atoms with Crippen molar-refractivity contribution in [2.75, 3.05) is 60.0 Å². The van der Waals surface area contributed by atoms with Gasteiger partial charge in [0, 0.05) is 53.2 Å². The van der Waals surface area contributed by atoms with Crippen molar-refractivity contribution >= 4 is 35.8 Å². The van der Waals surface area contributed by atoms with E-state index in [9.17, 15) is 4.79 Å². The molecule has 2 aliphatic heterocycles. The molecule has 1 atom stereocenters. The van der Waals surface area contributed by atoms with Crippen LogP contribution in [0.3, 0.4) is 0 Å². The zero-order valence-electron chi connectivity index (χ0n) is 19.1. The van der Waals surface area contributed by atoms with Gasteiger partial charge in [0.05, 0.1) is 19.3 Å². The second-order valence-corrected chi connectivity index (χ2v) is 8.31. The Balaban J connectivity index is 0.00000341. The van der Waals surface area contributed by atoms with E-state index >= 15 is 0 Å². The van der Waals surface area contributed by atoms with Gasteiger partial charge in [0.15, 0.2) is 5.96 Å². The number of amides is 1. The third-order valence-corrected chi connectivity index (χ3v) is 6.25. The molecule has 1 unspecified atom stereocenters. The van der Waals surface area contributed by atoms with Crippen molar-refractivity contribution in [2.45, 2.75) is 32.2 Å². The molecule has 2 N–H and O–H groups in total. The molecular formula is C23H38IN5O2. The predicted molar refractivity (Wildman–Crippen MR) is 136 cm³/mol. The molecule has 2 heterocycles. The summed E-state index contributed by atoms with van der Waals surface area (Å²) in [5.74, 6) is 1.56. The quantitative estimate of drug-likeness (QED) is 0.328. The second-order valence-electron chi connectivity index (χ2n) is 8.31. The highest BCUT2D eigenvalue weighted by atomic mass is 127. The van der Waals surface area contributed by atoms with E-state index in [1.807, 2.05) is 7.05 Å². The maximum atomic E-state index is 11.7. The number of guanidine groups is 1. The first-order valence-electron chi connectivity index (χ1n) is 11.1. The number of rotatable bonds is 6. The molecule has 31 heavy (non-hydrogen) atoms. The van der Waals surface area contributed by atoms with Crippen LogP contribution in [0.15, 0.2) is 29.3 Å². The van der Waals surface area contributed by atoms with Crippen LogP contribution < -0.4 is 10.6 Å². The van der Waals surface area contributed by atoms with E-state index in [4.69, 9.17) is 4.74 Å². The van der Waals surface area contributed by atoms with Gasteiger partial charge in [-0.1, -0.05) is 29.8 Å². The summed E-state index contributed by atoms with van der Waals surface area (Å²) in [6.07, 6.45) is 2.68. The first kappa shape index (κ1) is 25.9. The number of halogens is 1. The third-order valence-electron chi connectivity index (χ3n) is 6.25. The maximum absolute atomic E-state index is 11.7. The van der Waals surface area contributed by atoms with Crippen molar-refractivity contribution in [2.24, 2.45) is 10.9 Å². The lowest BCUT2D eigenvalue weighted by Gasteiger charge is -2.37. The first-order valence-corrected chi connectivity index (χ1v) is 11.1. The number of hydrogen-bond donors (Lipinski definition) is 2. The fourth-order valence-corrected chi connectivity index (χ4v) is 4.46. The van der Waals surface area contributed by atoms with Crippen molar-refractivity contribution in [1.82, 2.24) is 20.4 Å². The number of hydrogen-bond acceptors (Lipinski definition) is 4. The number of likely N-dealkylation sites (tertiary alicyclic amines) is 1. The molecule has 3 rings (SSSR count). The number of morpholine rings is 1. The van der Waals surface area contributed by atoms with Gasteiger partial charge in [-0.15, -0.1) is 24.0 Å². The second kappa shape index (κ2) is 13.2. The Morgan fingerprint density at radius 2 is 1.94 bits per heavy atom. The van der Waals surface area contributed by atoms with Gasteiger partial charge < -0.3 is 20.3 Å². The number of benzene rings is 1. The lowest BCUT2D eigenvalue weighted by atomic mass is 9.93. The van der Waals surface area contributed by atoms with Gasteiger partial charge >= 0.3 is 0 Å². The topological polar surface area (TPSA) is 69.2 Å². The molecule has 0 aliphatic carbocycles. The Kier molecular flexibility index (Phi) is 11.0. The Hall–Kier alpha value is -1.39. The van der Waals surface area contributed by atoms with Crippen LogP contribution in [0.2, 0.25) is 0 Å². The molecule has 0 bridgehead atoms. The average Bonchev–Trinajstić information content (AvgIpc) is 2.78. The van der Waals surface area contributed by atoms with E-state index in [1.165, 1.54) is 11.1 Å². The van der Waals surface area contributed by atoms with Gasteiger partial charge in [0.25, 0.3) is 0 Å². The van der Waals surface area contributed by atoms with Crippen molar-refractivity contribution in [3.63, 3.8) is 0 Å². The Morgan fingerprint density at radius 3 is 2.55 bits per heavy atom. The van der Waals surface area contributed by atoms with E-state index in [-0.39, 0.29) is 35.9 Å². The lowest BCUT2D eigenvalue weighted by molar-refractivity contribution is -0.121. The molecule has 1 amide bonds. The molecule has 0 aromatic heterocycles. The lowest BCUT2D eigenvalue weighted by Crippen LogP contribution is -2.49. The largest absolute Gasteiger partial charge is 0.379 e. The van der Waals surface area contributed by atoms with Gasteiger partial charge in [-0.2, -0.15) is 0 Å². The van der Waals surface area contributed by atoms with Crippen molar-refractivity contribution in [3.8, 4) is 0 Å². The molecule has 2 aliphatic rings. The predicted octanol–water partition coefficient (Wildman–Crippen LogP) is 2.41. The van der Waals surface area contributed by atoms with Crippen LogP contribution in [-0.2, 0) is 9.53 Å². The maximum Gasteiger partial charge on any atom is 0.220 e. The molecule has 0 saturated carbocycles. The number of nitrogens with zero attached hydrogens (tertiary/aromatic N) is 3. The van der Waals surface area contributed by atoms with Gasteiger partial charge in [-0.3, -0.25) is 14.7 Å². The SMILES string of the molecule is CN=C(NCC(c1cccc(C)c1)N1CCOCC1)N1CCC(CC(=O)NC)CC1.I. The van der Waals surface area contributed by atoms with E-state index in [0.29, 0.717) is 12.3 Å². The van der Waals surface area contributed by atoms with E-state index in [0.717, 1.165) is 64.7 Å². The molecule has 1 aromatic carbocycles. The number of aryl methyl sites for hydroxylation is 1. The number of ether oxygens (including phenoxy) is 1. The Bertz CT molecular complexity index is 716. The van der Waals surface area contributed by atoms with Crippen molar-refractivity contribution in [3.05, 3.63) is 35.4 Å². The summed E-state index contributed by atoms with van der Waals surface area (Å²) in [4.78, 5) is 21.0. The summed E-state index contributed by atoms with van der Waals surface area (Å²) in [5.41, 5.74) is 2.62. The summed E-state index contributed by atoms with van der Waals surface area (Å²) in [7, 11) is 3.57. The Morgan fingerprint density at radius 1 is 1.23 bits per heavy atom. The summed E-state index contributed by atoms with van der Waals surface area (Å²) >= 11 is 0. The zero-order chi connectivity index (χ0) is 21.3. The monoisotopic (exact) mass is 543 g/mol. The first-order chi connectivity index (χ1) is 14.6. The fraction of sp³-hybridized carbons (Fsp3) is 0.652. The summed E-state index contributed by atoms with van der Waals surface area (Å²) in [6.45, 7) is 8.31. The highest BCUT2D eigenvalue weighted by Gasteiger charge is 2.26. The minimum absolute atomic E-state index is 0. The summed E-state index contributed by atoms with van der Waals surface area (Å²) in [5, 5.41) is 6.37.